The summed E-state index contributed by atoms with van der Waals surface area (Å²) in [6.07, 6.45) is 1.25. The summed E-state index contributed by atoms with van der Waals surface area (Å²) in [5.74, 6) is 0.268. The first-order valence-electron chi connectivity index (χ1n) is 4.15. The molecule has 0 atom stereocenters. The molecule has 1 aromatic heterocycles. The van der Waals surface area contributed by atoms with Crippen molar-refractivity contribution in [2.24, 2.45) is 0 Å². The van der Waals surface area contributed by atoms with Gasteiger partial charge in [-0.3, -0.25) is 9.69 Å². The van der Waals surface area contributed by atoms with Crippen LogP contribution in [0.1, 0.15) is 16.1 Å². The van der Waals surface area contributed by atoms with E-state index >= 15 is 0 Å². The topological polar surface area (TPSA) is 20.3 Å². The Balaban J connectivity index is 1.92. The van der Waals surface area contributed by atoms with Crippen molar-refractivity contribution in [1.82, 2.24) is 4.90 Å². The van der Waals surface area contributed by atoms with E-state index < -0.39 is 0 Å². The Kier molecular flexibility index (Phi) is 2.23. The van der Waals surface area contributed by atoms with Gasteiger partial charge in [0.2, 0.25) is 0 Å². The molecule has 12 heavy (non-hydrogen) atoms. The van der Waals surface area contributed by atoms with Crippen LogP contribution in [0, 0.1) is 0 Å². The van der Waals surface area contributed by atoms with Crippen LogP contribution in [0.2, 0.25) is 0 Å². The lowest BCUT2D eigenvalue weighted by Crippen LogP contribution is -2.40. The summed E-state index contributed by atoms with van der Waals surface area (Å²) in [5, 5.41) is 1.95. The second-order valence-electron chi connectivity index (χ2n) is 3.03. The fourth-order valence-corrected chi connectivity index (χ4v) is 1.91. The first-order chi connectivity index (χ1) is 5.86. The molecule has 0 amide bonds. The quantitative estimate of drug-likeness (QED) is 0.661. The van der Waals surface area contributed by atoms with Crippen molar-refractivity contribution in [3.05, 3.63) is 22.4 Å². The van der Waals surface area contributed by atoms with Crippen molar-refractivity contribution in [2.75, 3.05) is 19.6 Å². The van der Waals surface area contributed by atoms with E-state index in [1.807, 2.05) is 17.5 Å². The van der Waals surface area contributed by atoms with E-state index in [1.54, 1.807) is 0 Å². The van der Waals surface area contributed by atoms with E-state index in [1.165, 1.54) is 17.8 Å². The summed E-state index contributed by atoms with van der Waals surface area (Å²) in [6.45, 7) is 2.80. The fourth-order valence-electron chi connectivity index (χ4n) is 1.26. The first kappa shape index (κ1) is 7.95. The van der Waals surface area contributed by atoms with Crippen LogP contribution in [0.15, 0.2) is 17.5 Å². The van der Waals surface area contributed by atoms with Crippen molar-refractivity contribution in [3.8, 4) is 0 Å². The summed E-state index contributed by atoms with van der Waals surface area (Å²) in [7, 11) is 0. The zero-order chi connectivity index (χ0) is 8.39. The molecule has 1 aliphatic rings. The highest BCUT2D eigenvalue weighted by Crippen LogP contribution is 2.12. The van der Waals surface area contributed by atoms with Crippen molar-refractivity contribution in [1.29, 1.82) is 0 Å². The number of carbonyl (C=O) groups excluding carboxylic acids is 1. The highest BCUT2D eigenvalue weighted by Gasteiger charge is 2.18. The van der Waals surface area contributed by atoms with E-state index in [0.29, 0.717) is 6.54 Å². The molecule has 2 nitrogen and oxygen atoms in total. The third-order valence-electron chi connectivity index (χ3n) is 2.11. The number of likely N-dealkylation sites (tertiary alicyclic amines) is 1. The summed E-state index contributed by atoms with van der Waals surface area (Å²) in [4.78, 5) is 14.6. The van der Waals surface area contributed by atoms with Crippen LogP contribution >= 0.6 is 11.3 Å². The molecule has 0 N–H and O–H groups in total. The van der Waals surface area contributed by atoms with Gasteiger partial charge in [0.25, 0.3) is 0 Å². The van der Waals surface area contributed by atoms with E-state index in [2.05, 4.69) is 4.90 Å². The smallest absolute Gasteiger partial charge is 0.186 e. The molecule has 0 aliphatic carbocycles. The molecule has 0 unspecified atom stereocenters. The minimum atomic E-state index is 0.268. The fraction of sp³-hybridized carbons (Fsp3) is 0.444. The number of thiophene rings is 1. The third-order valence-corrected chi connectivity index (χ3v) is 3.02. The monoisotopic (exact) mass is 181 g/mol. The van der Waals surface area contributed by atoms with Crippen molar-refractivity contribution in [3.63, 3.8) is 0 Å². The Morgan fingerprint density at radius 3 is 2.92 bits per heavy atom. The molecule has 1 fully saturated rings. The van der Waals surface area contributed by atoms with Gasteiger partial charge < -0.3 is 0 Å². The maximum Gasteiger partial charge on any atom is 0.186 e. The molecular weight excluding hydrogens is 170 g/mol. The van der Waals surface area contributed by atoms with E-state index in [-0.39, 0.29) is 5.78 Å². The number of carbonyl (C=O) groups is 1. The highest BCUT2D eigenvalue weighted by molar-refractivity contribution is 7.12. The van der Waals surface area contributed by atoms with Gasteiger partial charge in [-0.2, -0.15) is 0 Å². The Hall–Kier alpha value is -0.670. The number of hydrogen-bond acceptors (Lipinski definition) is 3. The van der Waals surface area contributed by atoms with Gasteiger partial charge in [-0.25, -0.2) is 0 Å². The van der Waals surface area contributed by atoms with Gasteiger partial charge in [-0.1, -0.05) is 6.07 Å². The Labute approximate surface area is 75.8 Å². The molecule has 1 aliphatic heterocycles. The largest absolute Gasteiger partial charge is 0.296 e. The number of ketones is 1. The lowest BCUT2D eigenvalue weighted by atomic mass is 10.2. The standard InChI is InChI=1S/C9H11NOS/c11-8(7-10-4-2-5-10)9-3-1-6-12-9/h1,3,6H,2,4-5,7H2. The van der Waals surface area contributed by atoms with Crippen molar-refractivity contribution < 1.29 is 4.79 Å². The zero-order valence-corrected chi connectivity index (χ0v) is 7.64. The average molecular weight is 181 g/mol. The van der Waals surface area contributed by atoms with Gasteiger partial charge in [0.05, 0.1) is 11.4 Å². The van der Waals surface area contributed by atoms with E-state index in [9.17, 15) is 4.79 Å². The van der Waals surface area contributed by atoms with E-state index in [0.717, 1.165) is 18.0 Å². The number of rotatable bonds is 3. The van der Waals surface area contributed by atoms with Gasteiger partial charge in [0.1, 0.15) is 0 Å². The number of Topliss-reactive ketones (excluding diaryl/α,β-unsaturated/α-hetero) is 1. The van der Waals surface area contributed by atoms with Crippen molar-refractivity contribution in [2.45, 2.75) is 6.42 Å². The van der Waals surface area contributed by atoms with E-state index in [4.69, 9.17) is 0 Å². The van der Waals surface area contributed by atoms with Crippen LogP contribution in [0.5, 0.6) is 0 Å². The molecule has 0 aromatic carbocycles. The predicted molar refractivity (Wildman–Crippen MR) is 49.7 cm³/mol. The average Bonchev–Trinajstić information content (AvgIpc) is 2.47. The summed E-state index contributed by atoms with van der Waals surface area (Å²) in [5.41, 5.74) is 0. The van der Waals surface area contributed by atoms with Crippen LogP contribution < -0.4 is 0 Å². The molecule has 0 saturated carbocycles. The zero-order valence-electron chi connectivity index (χ0n) is 6.82. The van der Waals surface area contributed by atoms with Crippen LogP contribution in [-0.4, -0.2) is 30.3 Å². The number of hydrogen-bond donors (Lipinski definition) is 0. The Morgan fingerprint density at radius 1 is 1.58 bits per heavy atom. The third kappa shape index (κ3) is 1.57. The lowest BCUT2D eigenvalue weighted by molar-refractivity contribution is 0.0879. The van der Waals surface area contributed by atoms with Gasteiger partial charge in [-0.05, 0) is 31.0 Å². The molecule has 0 radical (unpaired) electrons. The summed E-state index contributed by atoms with van der Waals surface area (Å²) >= 11 is 1.53. The molecule has 0 spiro atoms. The van der Waals surface area contributed by atoms with Gasteiger partial charge in [-0.15, -0.1) is 11.3 Å². The molecule has 2 rings (SSSR count). The SMILES string of the molecule is O=C(CN1CCC1)c1cccs1. The van der Waals surface area contributed by atoms with Crippen LogP contribution in [0.3, 0.4) is 0 Å². The molecule has 1 saturated heterocycles. The Bertz CT molecular complexity index is 264. The van der Waals surface area contributed by atoms with Crippen molar-refractivity contribution >= 4 is 17.1 Å². The highest BCUT2D eigenvalue weighted by atomic mass is 32.1. The second-order valence-corrected chi connectivity index (χ2v) is 3.98. The molecule has 1 aromatic rings. The molecular formula is C9H11NOS. The molecule has 2 heterocycles. The normalized spacial score (nSPS) is 17.3. The van der Waals surface area contributed by atoms with Crippen LogP contribution in [-0.2, 0) is 0 Å². The summed E-state index contributed by atoms with van der Waals surface area (Å²) in [6, 6.07) is 3.82. The lowest BCUT2D eigenvalue weighted by Gasteiger charge is -2.29. The number of nitrogens with zero attached hydrogens (tertiary/aromatic N) is 1. The minimum Gasteiger partial charge on any atom is -0.296 e. The van der Waals surface area contributed by atoms with Gasteiger partial charge >= 0.3 is 0 Å². The Morgan fingerprint density at radius 2 is 2.42 bits per heavy atom. The van der Waals surface area contributed by atoms with Crippen LogP contribution in [0.25, 0.3) is 0 Å². The maximum atomic E-state index is 11.5. The predicted octanol–water partition coefficient (Wildman–Crippen LogP) is 1.64. The first-order valence-corrected chi connectivity index (χ1v) is 5.03. The minimum absolute atomic E-state index is 0.268. The van der Waals surface area contributed by atoms with Gasteiger partial charge in [0.15, 0.2) is 5.78 Å². The molecule has 64 valence electrons. The van der Waals surface area contributed by atoms with Gasteiger partial charge in [0, 0.05) is 0 Å². The molecule has 3 heteroatoms. The molecule has 0 bridgehead atoms. The second kappa shape index (κ2) is 3.37. The maximum absolute atomic E-state index is 11.5. The summed E-state index contributed by atoms with van der Waals surface area (Å²) < 4.78 is 0. The van der Waals surface area contributed by atoms with Crippen LogP contribution in [0.4, 0.5) is 0 Å².